The summed E-state index contributed by atoms with van der Waals surface area (Å²) in [6, 6.07) is 1.90. The van der Waals surface area contributed by atoms with Crippen molar-refractivity contribution in [1.82, 2.24) is 20.2 Å². The molecule has 0 radical (unpaired) electrons. The number of carbonyl (C=O) groups excluding carboxylic acids is 1. The fraction of sp³-hybridized carbons (Fsp3) is 0.625. The Morgan fingerprint density at radius 3 is 2.87 bits per heavy atom. The number of hydrogen-bond acceptors (Lipinski definition) is 6. The van der Waals surface area contributed by atoms with E-state index in [1.54, 1.807) is 0 Å². The molecular weight excluding hydrogens is 296 g/mol. The standard InChI is InChI=1S/C16H22N4O3/c1-10(2)16-17-14(23-19-16)6-7-15(21)20-8-4-5-12(20)13-9-11(3)18-22-13/h9-10,12H,4-8H2,1-3H3/t12-/m0/s1. The summed E-state index contributed by atoms with van der Waals surface area (Å²) in [5, 5.41) is 7.84. The molecule has 0 aromatic carbocycles. The second-order valence-corrected chi connectivity index (χ2v) is 6.32. The molecule has 0 N–H and O–H groups in total. The van der Waals surface area contributed by atoms with Crippen molar-refractivity contribution in [3.63, 3.8) is 0 Å². The Labute approximate surface area is 135 Å². The topological polar surface area (TPSA) is 85.3 Å². The highest BCUT2D eigenvalue weighted by Gasteiger charge is 2.32. The van der Waals surface area contributed by atoms with E-state index in [4.69, 9.17) is 9.05 Å². The minimum Gasteiger partial charge on any atom is -0.359 e. The summed E-state index contributed by atoms with van der Waals surface area (Å²) in [5.41, 5.74) is 0.839. The van der Waals surface area contributed by atoms with Crippen molar-refractivity contribution in [2.45, 2.75) is 58.4 Å². The van der Waals surface area contributed by atoms with Gasteiger partial charge in [-0.3, -0.25) is 4.79 Å². The van der Waals surface area contributed by atoms with Crippen molar-refractivity contribution < 1.29 is 13.8 Å². The highest BCUT2D eigenvalue weighted by atomic mass is 16.5. The van der Waals surface area contributed by atoms with Gasteiger partial charge in [0.2, 0.25) is 11.8 Å². The SMILES string of the molecule is Cc1cc([C@@H]2CCCN2C(=O)CCc2nc(C(C)C)no2)on1. The summed E-state index contributed by atoms with van der Waals surface area (Å²) in [4.78, 5) is 18.7. The molecule has 1 amide bonds. The van der Waals surface area contributed by atoms with E-state index < -0.39 is 0 Å². The molecule has 1 aliphatic heterocycles. The van der Waals surface area contributed by atoms with Gasteiger partial charge in [-0.05, 0) is 19.8 Å². The zero-order valence-corrected chi connectivity index (χ0v) is 13.8. The van der Waals surface area contributed by atoms with Gasteiger partial charge in [0, 0.05) is 31.4 Å². The van der Waals surface area contributed by atoms with Gasteiger partial charge in [-0.15, -0.1) is 0 Å². The molecule has 3 heterocycles. The smallest absolute Gasteiger partial charge is 0.227 e. The van der Waals surface area contributed by atoms with Gasteiger partial charge < -0.3 is 13.9 Å². The predicted molar refractivity (Wildman–Crippen MR) is 81.6 cm³/mol. The summed E-state index contributed by atoms with van der Waals surface area (Å²) in [5.74, 6) is 2.29. The minimum atomic E-state index is -0.00221. The average molecular weight is 318 g/mol. The number of amides is 1. The number of likely N-dealkylation sites (tertiary alicyclic amines) is 1. The van der Waals surface area contributed by atoms with Gasteiger partial charge in [0.05, 0.1) is 11.7 Å². The number of rotatable bonds is 5. The maximum atomic E-state index is 12.5. The fourth-order valence-electron chi connectivity index (χ4n) is 2.86. The van der Waals surface area contributed by atoms with E-state index in [0.29, 0.717) is 24.6 Å². The first-order valence-corrected chi connectivity index (χ1v) is 8.09. The summed E-state index contributed by atoms with van der Waals surface area (Å²) >= 11 is 0. The van der Waals surface area contributed by atoms with Crippen LogP contribution in [0.4, 0.5) is 0 Å². The molecular formula is C16H22N4O3. The summed E-state index contributed by atoms with van der Waals surface area (Å²) < 4.78 is 10.5. The molecule has 1 atom stereocenters. The van der Waals surface area contributed by atoms with Crippen LogP contribution in [0, 0.1) is 6.92 Å². The highest BCUT2D eigenvalue weighted by Crippen LogP contribution is 2.32. The quantitative estimate of drug-likeness (QED) is 0.842. The molecule has 1 fully saturated rings. The molecule has 7 heteroatoms. The molecule has 3 rings (SSSR count). The number of carbonyl (C=O) groups is 1. The number of aromatic nitrogens is 3. The zero-order chi connectivity index (χ0) is 16.4. The summed E-state index contributed by atoms with van der Waals surface area (Å²) in [7, 11) is 0. The van der Waals surface area contributed by atoms with E-state index >= 15 is 0 Å². The van der Waals surface area contributed by atoms with Crippen molar-refractivity contribution >= 4 is 5.91 Å². The molecule has 0 saturated carbocycles. The number of nitrogens with zero attached hydrogens (tertiary/aromatic N) is 4. The third-order valence-electron chi connectivity index (χ3n) is 4.10. The van der Waals surface area contributed by atoms with Crippen LogP contribution in [0.15, 0.2) is 15.1 Å². The molecule has 1 saturated heterocycles. The first-order chi connectivity index (χ1) is 11.0. The lowest BCUT2D eigenvalue weighted by atomic mass is 10.1. The predicted octanol–water partition coefficient (Wildman–Crippen LogP) is 2.79. The Balaban J connectivity index is 1.60. The van der Waals surface area contributed by atoms with Crippen LogP contribution in [-0.4, -0.2) is 32.6 Å². The summed E-state index contributed by atoms with van der Waals surface area (Å²) in [6.45, 7) is 6.66. The Bertz CT molecular complexity index is 676. The highest BCUT2D eigenvalue weighted by molar-refractivity contribution is 5.77. The molecule has 0 aliphatic carbocycles. The van der Waals surface area contributed by atoms with Crippen molar-refractivity contribution in [1.29, 1.82) is 0 Å². The lowest BCUT2D eigenvalue weighted by molar-refractivity contribution is -0.132. The zero-order valence-electron chi connectivity index (χ0n) is 13.8. The van der Waals surface area contributed by atoms with E-state index in [1.807, 2.05) is 31.7 Å². The van der Waals surface area contributed by atoms with Gasteiger partial charge in [0.1, 0.15) is 0 Å². The van der Waals surface area contributed by atoms with E-state index in [1.165, 1.54) is 0 Å². The van der Waals surface area contributed by atoms with E-state index in [-0.39, 0.29) is 17.9 Å². The largest absolute Gasteiger partial charge is 0.359 e. The Hall–Kier alpha value is -2.18. The van der Waals surface area contributed by atoms with Gasteiger partial charge in [0.15, 0.2) is 11.6 Å². The first kappa shape index (κ1) is 15.7. The van der Waals surface area contributed by atoms with Crippen molar-refractivity contribution in [2.24, 2.45) is 0 Å². The summed E-state index contributed by atoms with van der Waals surface area (Å²) in [6.07, 6.45) is 2.73. The molecule has 2 aromatic heterocycles. The van der Waals surface area contributed by atoms with Gasteiger partial charge in [0.25, 0.3) is 0 Å². The molecule has 0 bridgehead atoms. The lowest BCUT2D eigenvalue weighted by Crippen LogP contribution is -2.30. The van der Waals surface area contributed by atoms with Crippen LogP contribution in [-0.2, 0) is 11.2 Å². The Kier molecular flexibility index (Phi) is 4.45. The Morgan fingerprint density at radius 2 is 2.22 bits per heavy atom. The number of aryl methyl sites for hydroxylation is 2. The van der Waals surface area contributed by atoms with Gasteiger partial charge in [-0.2, -0.15) is 4.98 Å². The van der Waals surface area contributed by atoms with Gasteiger partial charge >= 0.3 is 0 Å². The Morgan fingerprint density at radius 1 is 1.39 bits per heavy atom. The normalized spacial score (nSPS) is 18.1. The fourth-order valence-corrected chi connectivity index (χ4v) is 2.86. The van der Waals surface area contributed by atoms with E-state index in [2.05, 4.69) is 15.3 Å². The number of hydrogen-bond donors (Lipinski definition) is 0. The van der Waals surface area contributed by atoms with Crippen LogP contribution >= 0.6 is 0 Å². The van der Waals surface area contributed by atoms with E-state index in [9.17, 15) is 4.79 Å². The third-order valence-corrected chi connectivity index (χ3v) is 4.10. The third kappa shape index (κ3) is 3.43. The molecule has 23 heavy (non-hydrogen) atoms. The lowest BCUT2D eigenvalue weighted by Gasteiger charge is -2.22. The minimum absolute atomic E-state index is 0.00221. The van der Waals surface area contributed by atoms with Crippen LogP contribution in [0.25, 0.3) is 0 Å². The van der Waals surface area contributed by atoms with Crippen molar-refractivity contribution in [3.8, 4) is 0 Å². The van der Waals surface area contributed by atoms with Gasteiger partial charge in [-0.1, -0.05) is 24.2 Å². The maximum Gasteiger partial charge on any atom is 0.227 e. The van der Waals surface area contributed by atoms with E-state index in [0.717, 1.165) is 30.8 Å². The van der Waals surface area contributed by atoms with Gasteiger partial charge in [-0.25, -0.2) is 0 Å². The monoisotopic (exact) mass is 318 g/mol. The van der Waals surface area contributed by atoms with Crippen molar-refractivity contribution in [3.05, 3.63) is 29.2 Å². The second-order valence-electron chi connectivity index (χ2n) is 6.32. The second kappa shape index (κ2) is 6.52. The molecule has 0 spiro atoms. The average Bonchev–Trinajstić information content (AvgIpc) is 3.24. The molecule has 7 nitrogen and oxygen atoms in total. The van der Waals surface area contributed by atoms with Crippen LogP contribution in [0.1, 0.15) is 68.2 Å². The van der Waals surface area contributed by atoms with Crippen LogP contribution in [0.5, 0.6) is 0 Å². The first-order valence-electron chi connectivity index (χ1n) is 8.09. The van der Waals surface area contributed by atoms with Crippen LogP contribution in [0.2, 0.25) is 0 Å². The maximum absolute atomic E-state index is 12.5. The molecule has 124 valence electrons. The van der Waals surface area contributed by atoms with Crippen LogP contribution in [0.3, 0.4) is 0 Å². The molecule has 2 aromatic rings. The van der Waals surface area contributed by atoms with Crippen molar-refractivity contribution in [2.75, 3.05) is 6.54 Å². The molecule has 0 unspecified atom stereocenters. The molecule has 1 aliphatic rings. The van der Waals surface area contributed by atoms with Crippen LogP contribution < -0.4 is 0 Å².